The standard InChI is InChI=1S/C17H28.2CH4/c1-13-9-8-10-14(11-13)15(17(5,6)7)12-16(2,3)4;;/h8-11,15H,12H2,1-7H3;2*1H4. The van der Waals surface area contributed by atoms with Crippen LogP contribution >= 0.6 is 0 Å². The molecule has 0 heterocycles. The van der Waals surface area contributed by atoms with Crippen LogP contribution in [0.4, 0.5) is 0 Å². The van der Waals surface area contributed by atoms with Gasteiger partial charge in [-0.15, -0.1) is 0 Å². The molecule has 1 aromatic rings. The molecule has 0 fully saturated rings. The molecule has 0 aliphatic rings. The van der Waals surface area contributed by atoms with E-state index < -0.39 is 0 Å². The Labute approximate surface area is 122 Å². The highest BCUT2D eigenvalue weighted by Crippen LogP contribution is 2.43. The second-order valence-corrected chi connectivity index (χ2v) is 7.60. The Morgan fingerprint density at radius 2 is 1.47 bits per heavy atom. The van der Waals surface area contributed by atoms with Crippen LogP contribution in [0.15, 0.2) is 24.3 Å². The zero-order chi connectivity index (χ0) is 13.3. The summed E-state index contributed by atoms with van der Waals surface area (Å²) in [4.78, 5) is 0. The molecule has 0 N–H and O–H groups in total. The first kappa shape index (κ1) is 20.5. The normalized spacial score (nSPS) is 13.2. The van der Waals surface area contributed by atoms with Gasteiger partial charge in [0.15, 0.2) is 0 Å². The van der Waals surface area contributed by atoms with E-state index in [0.717, 1.165) is 0 Å². The summed E-state index contributed by atoms with van der Waals surface area (Å²) < 4.78 is 0. The van der Waals surface area contributed by atoms with Crippen molar-refractivity contribution in [1.82, 2.24) is 0 Å². The SMILES string of the molecule is C.C.Cc1cccc(C(CC(C)(C)C)C(C)(C)C)c1. The third-order valence-electron chi connectivity index (χ3n) is 3.31. The van der Waals surface area contributed by atoms with Crippen LogP contribution in [0, 0.1) is 17.8 Å². The second kappa shape index (κ2) is 7.12. The fourth-order valence-corrected chi connectivity index (χ4v) is 2.42. The number of benzene rings is 1. The monoisotopic (exact) mass is 264 g/mol. The second-order valence-electron chi connectivity index (χ2n) is 7.60. The number of hydrogen-bond acceptors (Lipinski definition) is 0. The highest BCUT2D eigenvalue weighted by Gasteiger charge is 2.30. The summed E-state index contributed by atoms with van der Waals surface area (Å²) in [6, 6.07) is 9.00. The summed E-state index contributed by atoms with van der Waals surface area (Å²) in [5, 5.41) is 0. The van der Waals surface area contributed by atoms with Crippen LogP contribution in [-0.2, 0) is 0 Å². The van der Waals surface area contributed by atoms with Gasteiger partial charge in [-0.05, 0) is 35.7 Å². The van der Waals surface area contributed by atoms with Crippen molar-refractivity contribution in [2.24, 2.45) is 10.8 Å². The minimum atomic E-state index is 0. The van der Waals surface area contributed by atoms with Gasteiger partial charge in [0, 0.05) is 0 Å². The van der Waals surface area contributed by atoms with E-state index >= 15 is 0 Å². The van der Waals surface area contributed by atoms with Gasteiger partial charge in [0.1, 0.15) is 0 Å². The van der Waals surface area contributed by atoms with E-state index in [2.05, 4.69) is 72.7 Å². The van der Waals surface area contributed by atoms with E-state index in [1.807, 2.05) is 0 Å². The smallest absolute Gasteiger partial charge is 0.0108 e. The zero-order valence-corrected chi connectivity index (χ0v) is 12.6. The maximum absolute atomic E-state index is 2.35. The highest BCUT2D eigenvalue weighted by atomic mass is 14.3. The van der Waals surface area contributed by atoms with Crippen LogP contribution in [0.25, 0.3) is 0 Å². The van der Waals surface area contributed by atoms with Crippen LogP contribution < -0.4 is 0 Å². The molecule has 1 unspecified atom stereocenters. The van der Waals surface area contributed by atoms with Gasteiger partial charge < -0.3 is 0 Å². The molecule has 112 valence electrons. The lowest BCUT2D eigenvalue weighted by atomic mass is 9.69. The summed E-state index contributed by atoms with van der Waals surface area (Å²) in [6.07, 6.45) is 1.24. The summed E-state index contributed by atoms with van der Waals surface area (Å²) in [7, 11) is 0. The molecule has 1 atom stereocenters. The third-order valence-corrected chi connectivity index (χ3v) is 3.31. The van der Waals surface area contributed by atoms with Crippen molar-refractivity contribution in [2.45, 2.75) is 75.7 Å². The Balaban J connectivity index is 0. The van der Waals surface area contributed by atoms with Crippen LogP contribution in [0.5, 0.6) is 0 Å². The largest absolute Gasteiger partial charge is 0.0776 e. The summed E-state index contributed by atoms with van der Waals surface area (Å²) >= 11 is 0. The molecular formula is C19H36. The number of rotatable bonds is 2. The van der Waals surface area contributed by atoms with Crippen molar-refractivity contribution in [3.8, 4) is 0 Å². The van der Waals surface area contributed by atoms with Crippen molar-refractivity contribution in [1.29, 1.82) is 0 Å². The zero-order valence-electron chi connectivity index (χ0n) is 12.6. The van der Waals surface area contributed by atoms with Gasteiger partial charge in [-0.3, -0.25) is 0 Å². The molecule has 19 heavy (non-hydrogen) atoms. The Bertz CT molecular complexity index is 360. The van der Waals surface area contributed by atoms with E-state index in [1.165, 1.54) is 17.5 Å². The van der Waals surface area contributed by atoms with Crippen molar-refractivity contribution >= 4 is 0 Å². The average molecular weight is 264 g/mol. The van der Waals surface area contributed by atoms with E-state index in [-0.39, 0.29) is 14.9 Å². The van der Waals surface area contributed by atoms with Crippen molar-refractivity contribution in [3.63, 3.8) is 0 Å². The number of aryl methyl sites for hydroxylation is 1. The van der Waals surface area contributed by atoms with Crippen LogP contribution in [0.2, 0.25) is 0 Å². The molecule has 0 radical (unpaired) electrons. The van der Waals surface area contributed by atoms with Crippen LogP contribution in [0.1, 0.15) is 79.9 Å². The van der Waals surface area contributed by atoms with E-state index in [1.54, 1.807) is 0 Å². The summed E-state index contributed by atoms with van der Waals surface area (Å²) in [5.74, 6) is 0.627. The van der Waals surface area contributed by atoms with E-state index in [9.17, 15) is 0 Å². The molecule has 0 spiro atoms. The Morgan fingerprint density at radius 1 is 0.947 bits per heavy atom. The maximum atomic E-state index is 2.35. The molecule has 0 bridgehead atoms. The lowest BCUT2D eigenvalue weighted by Gasteiger charge is -2.36. The van der Waals surface area contributed by atoms with E-state index in [4.69, 9.17) is 0 Å². The van der Waals surface area contributed by atoms with Gasteiger partial charge in [-0.2, -0.15) is 0 Å². The Kier molecular flexibility index (Phi) is 7.70. The lowest BCUT2D eigenvalue weighted by Crippen LogP contribution is -2.23. The highest BCUT2D eigenvalue weighted by molar-refractivity contribution is 5.27. The molecule has 1 rings (SSSR count). The quantitative estimate of drug-likeness (QED) is 0.549. The molecular weight excluding hydrogens is 228 g/mol. The molecule has 0 saturated carbocycles. The third kappa shape index (κ3) is 6.80. The van der Waals surface area contributed by atoms with Crippen molar-refractivity contribution < 1.29 is 0 Å². The molecule has 0 heteroatoms. The molecule has 0 nitrogen and oxygen atoms in total. The molecule has 0 saturated heterocycles. The van der Waals surface area contributed by atoms with E-state index in [0.29, 0.717) is 16.7 Å². The van der Waals surface area contributed by atoms with Gasteiger partial charge in [0.05, 0.1) is 0 Å². The minimum Gasteiger partial charge on any atom is -0.0776 e. The topological polar surface area (TPSA) is 0 Å². The van der Waals surface area contributed by atoms with Crippen molar-refractivity contribution in [2.75, 3.05) is 0 Å². The van der Waals surface area contributed by atoms with Gasteiger partial charge in [-0.25, -0.2) is 0 Å². The molecule has 0 aliphatic heterocycles. The average Bonchev–Trinajstić information content (AvgIpc) is 2.11. The Morgan fingerprint density at radius 3 is 1.84 bits per heavy atom. The maximum Gasteiger partial charge on any atom is -0.0108 e. The molecule has 0 aliphatic carbocycles. The fourth-order valence-electron chi connectivity index (χ4n) is 2.42. The first-order valence-electron chi connectivity index (χ1n) is 6.66. The molecule has 0 aromatic heterocycles. The summed E-state index contributed by atoms with van der Waals surface area (Å²) in [6.45, 7) is 16.2. The predicted octanol–water partition coefficient (Wildman–Crippen LogP) is 6.83. The molecule has 1 aromatic carbocycles. The molecule has 0 amide bonds. The lowest BCUT2D eigenvalue weighted by molar-refractivity contribution is 0.229. The summed E-state index contributed by atoms with van der Waals surface area (Å²) in [5.41, 5.74) is 3.56. The minimum absolute atomic E-state index is 0. The van der Waals surface area contributed by atoms with Crippen LogP contribution in [-0.4, -0.2) is 0 Å². The van der Waals surface area contributed by atoms with Gasteiger partial charge in [0.2, 0.25) is 0 Å². The van der Waals surface area contributed by atoms with Gasteiger partial charge in [0.25, 0.3) is 0 Å². The van der Waals surface area contributed by atoms with Crippen LogP contribution in [0.3, 0.4) is 0 Å². The van der Waals surface area contributed by atoms with Gasteiger partial charge >= 0.3 is 0 Å². The first-order chi connectivity index (χ1) is 7.59. The fraction of sp³-hybridized carbons (Fsp3) is 0.684. The van der Waals surface area contributed by atoms with Gasteiger partial charge in [-0.1, -0.05) is 86.2 Å². The van der Waals surface area contributed by atoms with Crippen molar-refractivity contribution in [3.05, 3.63) is 35.4 Å². The first-order valence-corrected chi connectivity index (χ1v) is 6.66. The predicted molar refractivity (Wildman–Crippen MR) is 90.9 cm³/mol. The number of hydrogen-bond donors (Lipinski definition) is 0. The Hall–Kier alpha value is -0.780.